The standard InChI is InChI=1S/C20H19ClN2O3/c1-20(2,3)26-19(25)22-17-14-9-5-7-11-16(14)23(18(17)24)12-13-8-4-6-10-15(13)21/h4-11H,12H2,1-3H3/b22-17+. The summed E-state index contributed by atoms with van der Waals surface area (Å²) in [7, 11) is 0. The number of para-hydroxylation sites is 1. The minimum absolute atomic E-state index is 0.0851. The number of halogens is 1. The number of hydrogen-bond acceptors (Lipinski definition) is 3. The number of aliphatic imine (C=N–C) groups is 1. The predicted octanol–water partition coefficient (Wildman–Crippen LogP) is 4.61. The number of carbonyl (C=O) groups is 2. The number of ether oxygens (including phenoxy) is 1. The van der Waals surface area contributed by atoms with Crippen molar-refractivity contribution in [1.29, 1.82) is 0 Å². The molecule has 0 unspecified atom stereocenters. The van der Waals surface area contributed by atoms with Gasteiger partial charge in [-0.1, -0.05) is 48.0 Å². The molecule has 0 radical (unpaired) electrons. The molecule has 0 bridgehead atoms. The zero-order valence-corrected chi connectivity index (χ0v) is 15.6. The van der Waals surface area contributed by atoms with Gasteiger partial charge in [0.1, 0.15) is 11.3 Å². The monoisotopic (exact) mass is 370 g/mol. The van der Waals surface area contributed by atoms with Crippen LogP contribution in [0.2, 0.25) is 5.02 Å². The number of nitrogens with zero attached hydrogens (tertiary/aromatic N) is 2. The Morgan fingerprint density at radius 3 is 2.46 bits per heavy atom. The Kier molecular flexibility index (Phi) is 4.83. The van der Waals surface area contributed by atoms with E-state index in [1.165, 1.54) is 0 Å². The number of anilines is 1. The topological polar surface area (TPSA) is 59.0 Å². The van der Waals surface area contributed by atoms with E-state index in [-0.39, 0.29) is 11.6 Å². The van der Waals surface area contributed by atoms with E-state index in [9.17, 15) is 9.59 Å². The Hall–Kier alpha value is -2.66. The number of rotatable bonds is 2. The molecule has 134 valence electrons. The highest BCUT2D eigenvalue weighted by Gasteiger charge is 2.35. The highest BCUT2D eigenvalue weighted by Crippen LogP contribution is 2.32. The number of hydrogen-bond donors (Lipinski definition) is 0. The smallest absolute Gasteiger partial charge is 0.434 e. The Morgan fingerprint density at radius 2 is 1.77 bits per heavy atom. The Labute approximate surface area is 157 Å². The second kappa shape index (κ2) is 6.92. The molecule has 0 aliphatic carbocycles. The lowest BCUT2D eigenvalue weighted by Gasteiger charge is -2.18. The van der Waals surface area contributed by atoms with Crippen LogP contribution in [0.3, 0.4) is 0 Å². The largest absolute Gasteiger partial charge is 0.442 e. The van der Waals surface area contributed by atoms with Crippen molar-refractivity contribution in [3.63, 3.8) is 0 Å². The highest BCUT2D eigenvalue weighted by atomic mass is 35.5. The van der Waals surface area contributed by atoms with Crippen molar-refractivity contribution in [2.24, 2.45) is 4.99 Å². The van der Waals surface area contributed by atoms with Crippen molar-refractivity contribution in [1.82, 2.24) is 0 Å². The van der Waals surface area contributed by atoms with Crippen LogP contribution in [0.4, 0.5) is 10.5 Å². The molecule has 3 rings (SSSR count). The first-order chi connectivity index (χ1) is 12.3. The van der Waals surface area contributed by atoms with Crippen LogP contribution in [0.1, 0.15) is 31.9 Å². The molecule has 1 aliphatic heterocycles. The van der Waals surface area contributed by atoms with Crippen molar-refractivity contribution in [3.8, 4) is 0 Å². The Balaban J connectivity index is 1.96. The van der Waals surface area contributed by atoms with Crippen LogP contribution in [0.25, 0.3) is 0 Å². The summed E-state index contributed by atoms with van der Waals surface area (Å²) in [6.07, 6.45) is -0.782. The molecule has 0 atom stereocenters. The van der Waals surface area contributed by atoms with Crippen LogP contribution < -0.4 is 4.90 Å². The lowest BCUT2D eigenvalue weighted by Crippen LogP contribution is -2.30. The first-order valence-corrected chi connectivity index (χ1v) is 8.60. The van der Waals surface area contributed by atoms with Crippen molar-refractivity contribution in [3.05, 3.63) is 64.7 Å². The summed E-state index contributed by atoms with van der Waals surface area (Å²) in [5, 5.41) is 0.579. The van der Waals surface area contributed by atoms with E-state index in [0.717, 1.165) is 5.56 Å². The van der Waals surface area contributed by atoms with Gasteiger partial charge in [-0.15, -0.1) is 0 Å². The molecule has 0 N–H and O–H groups in total. The molecule has 2 aromatic carbocycles. The second-order valence-electron chi connectivity index (χ2n) is 6.94. The van der Waals surface area contributed by atoms with Gasteiger partial charge in [0.15, 0.2) is 0 Å². The van der Waals surface area contributed by atoms with Gasteiger partial charge in [-0.05, 0) is 38.5 Å². The molecular formula is C20H19ClN2O3. The lowest BCUT2D eigenvalue weighted by atomic mass is 10.1. The summed E-state index contributed by atoms with van der Waals surface area (Å²) in [4.78, 5) is 30.5. The Morgan fingerprint density at radius 1 is 1.12 bits per heavy atom. The van der Waals surface area contributed by atoms with Gasteiger partial charge in [0, 0.05) is 10.6 Å². The van der Waals surface area contributed by atoms with E-state index in [1.807, 2.05) is 30.3 Å². The van der Waals surface area contributed by atoms with Gasteiger partial charge < -0.3 is 9.64 Å². The SMILES string of the molecule is CC(C)(C)OC(=O)/N=C1/C(=O)N(Cc2ccccc2Cl)c2ccccc21. The van der Waals surface area contributed by atoms with Crippen LogP contribution in [-0.2, 0) is 16.1 Å². The fraction of sp³-hybridized carbons (Fsp3) is 0.250. The third-order valence-electron chi connectivity index (χ3n) is 3.78. The fourth-order valence-corrected chi connectivity index (χ4v) is 2.90. The van der Waals surface area contributed by atoms with Crippen LogP contribution >= 0.6 is 11.6 Å². The minimum Gasteiger partial charge on any atom is -0.442 e. The molecule has 0 spiro atoms. The summed E-state index contributed by atoms with van der Waals surface area (Å²) in [6.45, 7) is 5.54. The fourth-order valence-electron chi connectivity index (χ4n) is 2.70. The predicted molar refractivity (Wildman–Crippen MR) is 102 cm³/mol. The van der Waals surface area contributed by atoms with E-state index in [4.69, 9.17) is 16.3 Å². The number of benzene rings is 2. The van der Waals surface area contributed by atoms with E-state index < -0.39 is 11.7 Å². The average Bonchev–Trinajstić information content (AvgIpc) is 2.81. The normalized spacial score (nSPS) is 15.3. The number of amides is 2. The van der Waals surface area contributed by atoms with E-state index in [2.05, 4.69) is 4.99 Å². The summed E-state index contributed by atoms with van der Waals surface area (Å²) in [5.74, 6) is -0.350. The van der Waals surface area contributed by atoms with E-state index in [0.29, 0.717) is 22.8 Å². The van der Waals surface area contributed by atoms with Crippen LogP contribution in [-0.4, -0.2) is 23.3 Å². The molecule has 5 nitrogen and oxygen atoms in total. The zero-order valence-electron chi connectivity index (χ0n) is 14.8. The maximum absolute atomic E-state index is 12.9. The second-order valence-corrected chi connectivity index (χ2v) is 7.35. The summed E-state index contributed by atoms with van der Waals surface area (Å²) in [5.41, 5.74) is 1.52. The first-order valence-electron chi connectivity index (χ1n) is 8.22. The van der Waals surface area contributed by atoms with Crippen molar-refractivity contribution in [2.45, 2.75) is 32.9 Å². The lowest BCUT2D eigenvalue weighted by molar-refractivity contribution is -0.112. The third-order valence-corrected chi connectivity index (χ3v) is 4.15. The maximum atomic E-state index is 12.9. The number of carbonyl (C=O) groups excluding carboxylic acids is 2. The van der Waals surface area contributed by atoms with Crippen molar-refractivity contribution in [2.75, 3.05) is 4.90 Å². The van der Waals surface area contributed by atoms with Crippen molar-refractivity contribution < 1.29 is 14.3 Å². The minimum atomic E-state index is -0.782. The molecular weight excluding hydrogens is 352 g/mol. The first kappa shape index (κ1) is 18.1. The molecule has 2 amide bonds. The van der Waals surface area contributed by atoms with Crippen LogP contribution in [0, 0.1) is 0 Å². The van der Waals surface area contributed by atoms with Gasteiger partial charge in [0.2, 0.25) is 0 Å². The van der Waals surface area contributed by atoms with Crippen molar-refractivity contribution >= 4 is 35.0 Å². The molecule has 26 heavy (non-hydrogen) atoms. The van der Waals surface area contributed by atoms with Crippen LogP contribution in [0.5, 0.6) is 0 Å². The number of fused-ring (bicyclic) bond motifs is 1. The highest BCUT2D eigenvalue weighted by molar-refractivity contribution is 6.55. The summed E-state index contributed by atoms with van der Waals surface area (Å²) < 4.78 is 5.22. The molecule has 2 aromatic rings. The van der Waals surface area contributed by atoms with Gasteiger partial charge in [0.05, 0.1) is 12.2 Å². The molecule has 0 fully saturated rings. The summed E-state index contributed by atoms with van der Waals surface area (Å²) in [6, 6.07) is 14.6. The van der Waals surface area contributed by atoms with Gasteiger partial charge in [0.25, 0.3) is 5.91 Å². The average molecular weight is 371 g/mol. The van der Waals surface area contributed by atoms with E-state index in [1.54, 1.807) is 43.9 Å². The van der Waals surface area contributed by atoms with Gasteiger partial charge >= 0.3 is 6.09 Å². The zero-order chi connectivity index (χ0) is 18.9. The Bertz CT molecular complexity index is 900. The third kappa shape index (κ3) is 3.78. The molecule has 1 aliphatic rings. The molecule has 1 heterocycles. The van der Waals surface area contributed by atoms with Gasteiger partial charge in [-0.3, -0.25) is 4.79 Å². The maximum Gasteiger partial charge on any atom is 0.434 e. The van der Waals surface area contributed by atoms with Gasteiger partial charge in [-0.25, -0.2) is 4.79 Å². The molecule has 0 saturated carbocycles. The molecule has 0 aromatic heterocycles. The quantitative estimate of drug-likeness (QED) is 0.775. The van der Waals surface area contributed by atoms with Gasteiger partial charge in [-0.2, -0.15) is 4.99 Å². The van der Waals surface area contributed by atoms with Crippen LogP contribution in [0.15, 0.2) is 53.5 Å². The summed E-state index contributed by atoms with van der Waals surface area (Å²) >= 11 is 6.23. The van der Waals surface area contributed by atoms with E-state index >= 15 is 0 Å². The molecule has 6 heteroatoms. The molecule has 0 saturated heterocycles.